The van der Waals surface area contributed by atoms with Gasteiger partial charge in [-0.3, -0.25) is 9.52 Å². The van der Waals surface area contributed by atoms with Crippen LogP contribution in [0.3, 0.4) is 0 Å². The lowest BCUT2D eigenvalue weighted by Crippen LogP contribution is -2.21. The van der Waals surface area contributed by atoms with E-state index in [1.54, 1.807) is 25.1 Å². The lowest BCUT2D eigenvalue weighted by Gasteiger charge is -2.15. The minimum atomic E-state index is -4.68. The van der Waals surface area contributed by atoms with Crippen LogP contribution in [0.5, 0.6) is 5.75 Å². The topological polar surface area (TPSA) is 84.5 Å². The number of alkyl halides is 3. The van der Waals surface area contributed by atoms with E-state index in [1.807, 2.05) is 5.32 Å². The monoisotopic (exact) mass is 480 g/mol. The van der Waals surface area contributed by atoms with Crippen LogP contribution in [0.25, 0.3) is 0 Å². The zero-order chi connectivity index (χ0) is 21.1. The van der Waals surface area contributed by atoms with Gasteiger partial charge in [0.1, 0.15) is 17.1 Å². The molecule has 0 heterocycles. The van der Waals surface area contributed by atoms with Gasteiger partial charge in [-0.05, 0) is 58.7 Å². The Kier molecular flexibility index (Phi) is 6.60. The van der Waals surface area contributed by atoms with Crippen LogP contribution in [-0.2, 0) is 14.8 Å². The van der Waals surface area contributed by atoms with Crippen LogP contribution < -0.4 is 14.8 Å². The van der Waals surface area contributed by atoms with E-state index in [9.17, 15) is 26.4 Å². The number of hydrogen-bond donors (Lipinski definition) is 2. The molecule has 0 saturated carbocycles. The molecule has 0 atom stereocenters. The lowest BCUT2D eigenvalue weighted by atomic mass is 10.2. The molecule has 1 amide bonds. The van der Waals surface area contributed by atoms with E-state index in [2.05, 4.69) is 20.7 Å². The molecular weight excluding hydrogens is 465 g/mol. The smallest absolute Gasteiger partial charge is 0.397 e. The standard InChI is InChI=1S/C17H16BrF3N2O4S/c1-10-3-5-12(18)13(7-10)23-28(25,26)15-8-11(4-6-14(15)27-2)22-16(24)9-17(19,20)21/h3-8,23H,9H2,1-2H3,(H,22,24). The Bertz CT molecular complexity index is 994. The number of methoxy groups -OCH3 is 1. The van der Waals surface area contributed by atoms with Crippen molar-refractivity contribution in [1.82, 2.24) is 0 Å². The molecule has 0 unspecified atom stereocenters. The zero-order valence-electron chi connectivity index (χ0n) is 14.7. The van der Waals surface area contributed by atoms with E-state index < -0.39 is 28.5 Å². The minimum absolute atomic E-state index is 0.0369. The van der Waals surface area contributed by atoms with Crippen LogP contribution in [0.2, 0.25) is 0 Å². The summed E-state index contributed by atoms with van der Waals surface area (Å²) in [4.78, 5) is 11.1. The first-order valence-electron chi connectivity index (χ1n) is 7.75. The highest BCUT2D eigenvalue weighted by molar-refractivity contribution is 9.10. The van der Waals surface area contributed by atoms with Crippen molar-refractivity contribution in [2.75, 3.05) is 17.1 Å². The molecule has 0 spiro atoms. The van der Waals surface area contributed by atoms with E-state index in [4.69, 9.17) is 4.74 Å². The predicted molar refractivity (Wildman–Crippen MR) is 102 cm³/mol. The molecule has 28 heavy (non-hydrogen) atoms. The summed E-state index contributed by atoms with van der Waals surface area (Å²) in [5.74, 6) is -1.35. The van der Waals surface area contributed by atoms with Crippen molar-refractivity contribution in [3.63, 3.8) is 0 Å². The third-order valence-corrected chi connectivity index (χ3v) is 5.54. The maximum absolute atomic E-state index is 12.8. The van der Waals surface area contributed by atoms with Crippen LogP contribution in [-0.4, -0.2) is 27.6 Å². The number of nitrogens with one attached hydrogen (secondary N) is 2. The summed E-state index contributed by atoms with van der Waals surface area (Å²) in [6.45, 7) is 1.78. The van der Waals surface area contributed by atoms with Gasteiger partial charge in [-0.1, -0.05) is 6.07 Å². The van der Waals surface area contributed by atoms with Gasteiger partial charge in [0.25, 0.3) is 10.0 Å². The van der Waals surface area contributed by atoms with Gasteiger partial charge in [0.05, 0.1) is 12.8 Å². The van der Waals surface area contributed by atoms with Crippen molar-refractivity contribution in [2.24, 2.45) is 0 Å². The molecule has 0 aliphatic heterocycles. The first kappa shape index (κ1) is 22.0. The van der Waals surface area contributed by atoms with Crippen molar-refractivity contribution in [1.29, 1.82) is 0 Å². The second-order valence-corrected chi connectivity index (χ2v) is 8.30. The highest BCUT2D eigenvalue weighted by Gasteiger charge is 2.31. The summed E-state index contributed by atoms with van der Waals surface area (Å²) in [5, 5.41) is 2.03. The van der Waals surface area contributed by atoms with Crippen molar-refractivity contribution >= 4 is 43.2 Å². The molecule has 0 bridgehead atoms. The van der Waals surface area contributed by atoms with Crippen LogP contribution in [0, 0.1) is 6.92 Å². The van der Waals surface area contributed by atoms with Crippen molar-refractivity contribution in [2.45, 2.75) is 24.4 Å². The van der Waals surface area contributed by atoms with Gasteiger partial charge in [0.15, 0.2) is 0 Å². The van der Waals surface area contributed by atoms with Crippen molar-refractivity contribution < 1.29 is 31.1 Å². The Labute approximate surface area is 168 Å². The molecule has 0 aliphatic rings. The summed E-state index contributed by atoms with van der Waals surface area (Å²) in [5.41, 5.74) is 0.966. The Morgan fingerprint density at radius 1 is 1.18 bits per heavy atom. The molecule has 0 radical (unpaired) electrons. The van der Waals surface area contributed by atoms with E-state index in [1.165, 1.54) is 19.2 Å². The SMILES string of the molecule is COc1ccc(NC(=O)CC(F)(F)F)cc1S(=O)(=O)Nc1cc(C)ccc1Br. The van der Waals surface area contributed by atoms with Crippen LogP contribution in [0.15, 0.2) is 45.8 Å². The number of benzene rings is 2. The van der Waals surface area contributed by atoms with Crippen molar-refractivity contribution in [3.8, 4) is 5.75 Å². The molecule has 2 aromatic rings. The van der Waals surface area contributed by atoms with Crippen LogP contribution >= 0.6 is 15.9 Å². The molecule has 0 aromatic heterocycles. The van der Waals surface area contributed by atoms with Gasteiger partial charge in [0.2, 0.25) is 5.91 Å². The summed E-state index contributed by atoms with van der Waals surface area (Å²) < 4.78 is 70.5. The number of halogens is 4. The van der Waals surface area contributed by atoms with Crippen LogP contribution in [0.1, 0.15) is 12.0 Å². The fraction of sp³-hybridized carbons (Fsp3) is 0.235. The number of carbonyl (C=O) groups is 1. The third kappa shape index (κ3) is 5.86. The summed E-state index contributed by atoms with van der Waals surface area (Å²) in [6, 6.07) is 8.55. The Morgan fingerprint density at radius 2 is 1.86 bits per heavy atom. The highest BCUT2D eigenvalue weighted by Crippen LogP contribution is 2.32. The van der Waals surface area contributed by atoms with E-state index >= 15 is 0 Å². The predicted octanol–water partition coefficient (Wildman–Crippen LogP) is 4.46. The van der Waals surface area contributed by atoms with Gasteiger partial charge in [-0.2, -0.15) is 13.2 Å². The van der Waals surface area contributed by atoms with Gasteiger partial charge < -0.3 is 10.1 Å². The molecule has 0 aliphatic carbocycles. The van der Waals surface area contributed by atoms with Gasteiger partial charge in [0, 0.05) is 10.2 Å². The van der Waals surface area contributed by atoms with E-state index in [0.29, 0.717) is 4.47 Å². The quantitative estimate of drug-likeness (QED) is 0.639. The second-order valence-electron chi connectivity index (χ2n) is 5.79. The maximum atomic E-state index is 12.8. The molecule has 152 valence electrons. The molecule has 2 aromatic carbocycles. The second kappa shape index (κ2) is 8.39. The van der Waals surface area contributed by atoms with Gasteiger partial charge in [-0.15, -0.1) is 0 Å². The number of anilines is 2. The molecule has 0 saturated heterocycles. The largest absolute Gasteiger partial charge is 0.495 e. The fourth-order valence-electron chi connectivity index (χ4n) is 2.27. The Balaban J connectivity index is 2.36. The Hall–Kier alpha value is -2.27. The zero-order valence-corrected chi connectivity index (χ0v) is 17.1. The molecule has 2 N–H and O–H groups in total. The molecular formula is C17H16BrF3N2O4S. The third-order valence-electron chi connectivity index (χ3n) is 3.46. The lowest BCUT2D eigenvalue weighted by molar-refractivity contribution is -0.150. The number of aryl methyl sites for hydroxylation is 1. The Morgan fingerprint density at radius 3 is 2.46 bits per heavy atom. The average molecular weight is 481 g/mol. The van der Waals surface area contributed by atoms with Crippen LogP contribution in [0.4, 0.5) is 24.5 Å². The molecule has 6 nitrogen and oxygen atoms in total. The number of carbonyl (C=O) groups excluding carboxylic acids is 1. The number of hydrogen-bond acceptors (Lipinski definition) is 4. The molecule has 0 fully saturated rings. The molecule has 11 heteroatoms. The average Bonchev–Trinajstić information content (AvgIpc) is 2.56. The number of sulfonamides is 1. The highest BCUT2D eigenvalue weighted by atomic mass is 79.9. The van der Waals surface area contributed by atoms with E-state index in [-0.39, 0.29) is 22.0 Å². The minimum Gasteiger partial charge on any atom is -0.495 e. The maximum Gasteiger partial charge on any atom is 0.397 e. The number of amides is 1. The summed E-state index contributed by atoms with van der Waals surface area (Å²) in [6.07, 6.45) is -6.36. The number of ether oxygens (including phenoxy) is 1. The normalized spacial score (nSPS) is 11.8. The fourth-order valence-corrected chi connectivity index (χ4v) is 4.01. The summed E-state index contributed by atoms with van der Waals surface area (Å²) in [7, 11) is -2.92. The summed E-state index contributed by atoms with van der Waals surface area (Å²) >= 11 is 3.24. The van der Waals surface area contributed by atoms with E-state index in [0.717, 1.165) is 11.6 Å². The first-order valence-corrected chi connectivity index (χ1v) is 10.0. The van der Waals surface area contributed by atoms with Gasteiger partial charge in [-0.25, -0.2) is 8.42 Å². The van der Waals surface area contributed by atoms with Gasteiger partial charge >= 0.3 is 6.18 Å². The molecule has 2 rings (SSSR count). The first-order chi connectivity index (χ1) is 12.9. The van der Waals surface area contributed by atoms with Crippen molar-refractivity contribution in [3.05, 3.63) is 46.4 Å². The number of rotatable bonds is 6.